The van der Waals surface area contributed by atoms with Gasteiger partial charge in [0.2, 0.25) is 0 Å². The van der Waals surface area contributed by atoms with Crippen molar-refractivity contribution in [3.8, 4) is 0 Å². The Balaban J connectivity index is 2.54. The van der Waals surface area contributed by atoms with Crippen LogP contribution >= 0.6 is 22.6 Å². The number of aliphatic hydroxyl groups is 1. The quantitative estimate of drug-likeness (QED) is 0.543. The first-order chi connectivity index (χ1) is 7.94. The highest BCUT2D eigenvalue weighted by molar-refractivity contribution is 14.1. The van der Waals surface area contributed by atoms with Crippen molar-refractivity contribution in [1.82, 2.24) is 0 Å². The first kappa shape index (κ1) is 14.5. The second-order valence-corrected chi connectivity index (χ2v) is 5.57. The van der Waals surface area contributed by atoms with Crippen LogP contribution in [0.2, 0.25) is 0 Å². The summed E-state index contributed by atoms with van der Waals surface area (Å²) in [5, 5.41) is 13.2. The number of nitrogen functional groups attached to an aromatic ring is 1. The molecule has 1 aromatic carbocycles. The van der Waals surface area contributed by atoms with Gasteiger partial charge in [0.05, 0.1) is 17.0 Å². The predicted molar refractivity (Wildman–Crippen MR) is 79.2 cm³/mol. The standard InChI is InChI=1S/C12H19IN2O2/c1-12(16,5-6-17-2)8-15-11-4-3-9(13)7-10(11)14/h3-4,7,15-16H,5-6,8,14H2,1-2H3. The molecule has 1 unspecified atom stereocenters. The molecule has 17 heavy (non-hydrogen) atoms. The number of nitrogens with one attached hydrogen (secondary N) is 1. The summed E-state index contributed by atoms with van der Waals surface area (Å²) in [5.41, 5.74) is 6.62. The van der Waals surface area contributed by atoms with Crippen molar-refractivity contribution in [2.24, 2.45) is 0 Å². The van der Waals surface area contributed by atoms with Gasteiger partial charge < -0.3 is 20.9 Å². The highest BCUT2D eigenvalue weighted by Crippen LogP contribution is 2.22. The molecule has 0 heterocycles. The summed E-state index contributed by atoms with van der Waals surface area (Å²) in [7, 11) is 1.63. The van der Waals surface area contributed by atoms with E-state index in [1.807, 2.05) is 18.2 Å². The average molecular weight is 350 g/mol. The third kappa shape index (κ3) is 5.10. The lowest BCUT2D eigenvalue weighted by molar-refractivity contribution is 0.0358. The molecule has 0 aliphatic heterocycles. The minimum atomic E-state index is -0.800. The molecule has 96 valence electrons. The molecule has 4 N–H and O–H groups in total. The van der Waals surface area contributed by atoms with Gasteiger partial charge in [-0.15, -0.1) is 0 Å². The fraction of sp³-hybridized carbons (Fsp3) is 0.500. The molecule has 5 heteroatoms. The van der Waals surface area contributed by atoms with Crippen molar-refractivity contribution in [1.29, 1.82) is 0 Å². The molecule has 0 amide bonds. The maximum absolute atomic E-state index is 10.1. The summed E-state index contributed by atoms with van der Waals surface area (Å²) >= 11 is 2.21. The molecule has 0 radical (unpaired) electrons. The van der Waals surface area contributed by atoms with Crippen LogP contribution < -0.4 is 11.1 Å². The average Bonchev–Trinajstić information content (AvgIpc) is 2.25. The largest absolute Gasteiger partial charge is 0.397 e. The van der Waals surface area contributed by atoms with Gasteiger partial charge in [-0.25, -0.2) is 0 Å². The first-order valence-corrected chi connectivity index (χ1v) is 6.53. The number of nitrogens with two attached hydrogens (primary N) is 1. The Morgan fingerprint density at radius 3 is 2.82 bits per heavy atom. The van der Waals surface area contributed by atoms with Gasteiger partial charge in [-0.3, -0.25) is 0 Å². The molecule has 4 nitrogen and oxygen atoms in total. The van der Waals surface area contributed by atoms with Crippen LogP contribution in [0.15, 0.2) is 18.2 Å². The summed E-state index contributed by atoms with van der Waals surface area (Å²) < 4.78 is 6.05. The van der Waals surface area contributed by atoms with Gasteiger partial charge in [-0.2, -0.15) is 0 Å². The van der Waals surface area contributed by atoms with E-state index in [0.29, 0.717) is 25.3 Å². The molecular weight excluding hydrogens is 331 g/mol. The molecular formula is C12H19IN2O2. The molecule has 0 aliphatic rings. The molecule has 1 atom stereocenters. The van der Waals surface area contributed by atoms with Crippen molar-refractivity contribution in [2.75, 3.05) is 31.3 Å². The highest BCUT2D eigenvalue weighted by Gasteiger charge is 2.19. The Morgan fingerprint density at radius 1 is 1.53 bits per heavy atom. The Hall–Kier alpha value is -0.530. The number of ether oxygens (including phenoxy) is 1. The van der Waals surface area contributed by atoms with Gasteiger partial charge in [0.1, 0.15) is 0 Å². The summed E-state index contributed by atoms with van der Waals surface area (Å²) in [6.07, 6.45) is 0.584. The number of hydrogen-bond donors (Lipinski definition) is 3. The van der Waals surface area contributed by atoms with E-state index in [4.69, 9.17) is 10.5 Å². The lowest BCUT2D eigenvalue weighted by atomic mass is 10.0. The van der Waals surface area contributed by atoms with Crippen molar-refractivity contribution in [2.45, 2.75) is 18.9 Å². The van der Waals surface area contributed by atoms with E-state index < -0.39 is 5.60 Å². The second-order valence-electron chi connectivity index (χ2n) is 4.32. The summed E-state index contributed by atoms with van der Waals surface area (Å²) in [6, 6.07) is 5.79. The zero-order chi connectivity index (χ0) is 12.9. The maximum atomic E-state index is 10.1. The SMILES string of the molecule is COCCC(C)(O)CNc1ccc(I)cc1N. The van der Waals surface area contributed by atoms with E-state index in [0.717, 1.165) is 9.26 Å². The van der Waals surface area contributed by atoms with Gasteiger partial charge in [0, 0.05) is 30.3 Å². The Kier molecular flexibility index (Phi) is 5.48. The Bertz CT molecular complexity index is 370. The van der Waals surface area contributed by atoms with Gasteiger partial charge in [-0.05, 0) is 47.7 Å². The molecule has 0 bridgehead atoms. The number of methoxy groups -OCH3 is 1. The first-order valence-electron chi connectivity index (χ1n) is 5.45. The van der Waals surface area contributed by atoms with Crippen molar-refractivity contribution >= 4 is 34.0 Å². The number of hydrogen-bond acceptors (Lipinski definition) is 4. The highest BCUT2D eigenvalue weighted by atomic mass is 127. The summed E-state index contributed by atoms with van der Waals surface area (Å²) in [5.74, 6) is 0. The normalized spacial score (nSPS) is 14.4. The van der Waals surface area contributed by atoms with Crippen molar-refractivity contribution in [3.63, 3.8) is 0 Å². The second kappa shape index (κ2) is 6.42. The lowest BCUT2D eigenvalue weighted by Gasteiger charge is -2.24. The molecule has 0 aromatic heterocycles. The molecule has 1 rings (SSSR count). The van der Waals surface area contributed by atoms with Crippen LogP contribution in [0.5, 0.6) is 0 Å². The number of benzene rings is 1. The smallest absolute Gasteiger partial charge is 0.0813 e. The van der Waals surface area contributed by atoms with Crippen LogP contribution in [0.3, 0.4) is 0 Å². The summed E-state index contributed by atoms with van der Waals surface area (Å²) in [6.45, 7) is 2.76. The van der Waals surface area contributed by atoms with Gasteiger partial charge in [-0.1, -0.05) is 0 Å². The van der Waals surface area contributed by atoms with Crippen LogP contribution in [0.1, 0.15) is 13.3 Å². The van der Waals surface area contributed by atoms with E-state index >= 15 is 0 Å². The minimum absolute atomic E-state index is 0.446. The topological polar surface area (TPSA) is 67.5 Å². The minimum Gasteiger partial charge on any atom is -0.397 e. The molecule has 0 fully saturated rings. The molecule has 0 saturated carbocycles. The van der Waals surface area contributed by atoms with Crippen LogP contribution in [-0.4, -0.2) is 31.0 Å². The van der Waals surface area contributed by atoms with Crippen LogP contribution in [-0.2, 0) is 4.74 Å². The number of halogens is 1. The number of anilines is 2. The van der Waals surface area contributed by atoms with E-state index in [1.54, 1.807) is 14.0 Å². The number of rotatable bonds is 6. The van der Waals surface area contributed by atoms with Gasteiger partial charge >= 0.3 is 0 Å². The van der Waals surface area contributed by atoms with Crippen LogP contribution in [0.4, 0.5) is 11.4 Å². The molecule has 0 saturated heterocycles. The zero-order valence-corrected chi connectivity index (χ0v) is 12.3. The Morgan fingerprint density at radius 2 is 2.24 bits per heavy atom. The predicted octanol–water partition coefficient (Wildman–Crippen LogP) is 2.07. The fourth-order valence-corrected chi connectivity index (χ4v) is 1.91. The lowest BCUT2D eigenvalue weighted by Crippen LogP contribution is -2.34. The van der Waals surface area contributed by atoms with E-state index in [9.17, 15) is 5.11 Å². The maximum Gasteiger partial charge on any atom is 0.0813 e. The molecule has 1 aromatic rings. The van der Waals surface area contributed by atoms with Gasteiger partial charge in [0.25, 0.3) is 0 Å². The fourth-order valence-electron chi connectivity index (χ4n) is 1.39. The van der Waals surface area contributed by atoms with Crippen LogP contribution in [0.25, 0.3) is 0 Å². The van der Waals surface area contributed by atoms with E-state index in [2.05, 4.69) is 27.9 Å². The van der Waals surface area contributed by atoms with E-state index in [1.165, 1.54) is 0 Å². The summed E-state index contributed by atoms with van der Waals surface area (Å²) in [4.78, 5) is 0. The zero-order valence-electron chi connectivity index (χ0n) is 10.2. The van der Waals surface area contributed by atoms with Crippen molar-refractivity contribution in [3.05, 3.63) is 21.8 Å². The Labute approximate surface area is 116 Å². The van der Waals surface area contributed by atoms with Crippen LogP contribution in [0, 0.1) is 3.57 Å². The molecule has 0 spiro atoms. The van der Waals surface area contributed by atoms with E-state index in [-0.39, 0.29) is 0 Å². The monoisotopic (exact) mass is 350 g/mol. The van der Waals surface area contributed by atoms with Gasteiger partial charge in [0.15, 0.2) is 0 Å². The van der Waals surface area contributed by atoms with Crippen molar-refractivity contribution < 1.29 is 9.84 Å². The third-order valence-corrected chi connectivity index (χ3v) is 3.19. The molecule has 0 aliphatic carbocycles. The third-order valence-electron chi connectivity index (χ3n) is 2.52.